The van der Waals surface area contributed by atoms with E-state index in [-0.39, 0.29) is 0 Å². The van der Waals surface area contributed by atoms with Crippen molar-refractivity contribution in [3.63, 3.8) is 0 Å². The molecule has 9 heteroatoms. The zero-order valence-corrected chi connectivity index (χ0v) is 13.9. The SMILES string of the molecule is CCCCn1c(=O)[nH]c(=O)c2c1nc(-c1cnn(C)c1Cl)n2C. The first-order valence-electron chi connectivity index (χ1n) is 7.33. The molecule has 3 aromatic rings. The molecule has 1 N–H and O–H groups in total. The number of rotatable bonds is 4. The van der Waals surface area contributed by atoms with E-state index in [0.717, 1.165) is 12.8 Å². The molecule has 3 aromatic heterocycles. The number of aromatic amines is 1. The summed E-state index contributed by atoms with van der Waals surface area (Å²) >= 11 is 6.23. The normalized spacial score (nSPS) is 11.5. The quantitative estimate of drug-likeness (QED) is 0.777. The number of nitrogens with one attached hydrogen (secondary N) is 1. The van der Waals surface area contributed by atoms with Crippen LogP contribution < -0.4 is 11.2 Å². The Morgan fingerprint density at radius 3 is 2.65 bits per heavy atom. The van der Waals surface area contributed by atoms with Gasteiger partial charge in [0.25, 0.3) is 5.56 Å². The van der Waals surface area contributed by atoms with Crippen molar-refractivity contribution in [1.29, 1.82) is 0 Å². The van der Waals surface area contributed by atoms with Crippen LogP contribution in [-0.2, 0) is 20.6 Å². The molecule has 3 heterocycles. The Kier molecular flexibility index (Phi) is 3.85. The highest BCUT2D eigenvalue weighted by atomic mass is 35.5. The van der Waals surface area contributed by atoms with Gasteiger partial charge in [0.05, 0.1) is 11.8 Å². The van der Waals surface area contributed by atoms with E-state index in [4.69, 9.17) is 11.6 Å². The second-order valence-electron chi connectivity index (χ2n) is 5.40. The number of aryl methyl sites for hydroxylation is 3. The smallest absolute Gasteiger partial charge is 0.321 e. The lowest BCUT2D eigenvalue weighted by Crippen LogP contribution is -2.31. The average Bonchev–Trinajstić information content (AvgIpc) is 3.00. The summed E-state index contributed by atoms with van der Waals surface area (Å²) in [6.07, 6.45) is 3.34. The number of fused-ring (bicyclic) bond motifs is 1. The van der Waals surface area contributed by atoms with Crippen molar-refractivity contribution in [1.82, 2.24) is 28.9 Å². The third-order valence-corrected chi connectivity index (χ3v) is 4.30. The Bertz CT molecular complexity index is 993. The van der Waals surface area contributed by atoms with Gasteiger partial charge in [0.15, 0.2) is 11.2 Å². The van der Waals surface area contributed by atoms with Crippen LogP contribution in [0.25, 0.3) is 22.6 Å². The van der Waals surface area contributed by atoms with Gasteiger partial charge in [-0.3, -0.25) is 19.0 Å². The van der Waals surface area contributed by atoms with Gasteiger partial charge >= 0.3 is 5.69 Å². The van der Waals surface area contributed by atoms with Crippen LogP contribution in [0.5, 0.6) is 0 Å². The van der Waals surface area contributed by atoms with Crippen molar-refractivity contribution in [2.45, 2.75) is 26.3 Å². The van der Waals surface area contributed by atoms with Crippen LogP contribution >= 0.6 is 11.6 Å². The van der Waals surface area contributed by atoms with Gasteiger partial charge in [0.2, 0.25) is 0 Å². The topological polar surface area (TPSA) is 90.5 Å². The summed E-state index contributed by atoms with van der Waals surface area (Å²) in [7, 11) is 3.44. The Morgan fingerprint density at radius 1 is 1.30 bits per heavy atom. The number of imidazole rings is 1. The molecule has 8 nitrogen and oxygen atoms in total. The molecule has 0 atom stereocenters. The van der Waals surface area contributed by atoms with Crippen LogP contribution in [0, 0.1) is 0 Å². The molecule has 0 saturated carbocycles. The standard InChI is InChI=1S/C14H17ClN6O2/c1-4-5-6-21-12-9(13(22)18-14(21)23)19(2)11(17-12)8-7-16-20(3)10(8)15/h7H,4-6H2,1-3H3,(H,18,22,23). The zero-order valence-electron chi connectivity index (χ0n) is 13.1. The molecule has 0 aromatic carbocycles. The lowest BCUT2D eigenvalue weighted by atomic mass is 10.3. The molecule has 0 bridgehead atoms. The molecule has 0 spiro atoms. The van der Waals surface area contributed by atoms with Crippen LogP contribution in [0.4, 0.5) is 0 Å². The van der Waals surface area contributed by atoms with Gasteiger partial charge in [-0.1, -0.05) is 24.9 Å². The third kappa shape index (κ3) is 2.39. The molecule has 23 heavy (non-hydrogen) atoms. The molecule has 0 amide bonds. The zero-order chi connectivity index (χ0) is 16.7. The van der Waals surface area contributed by atoms with Crippen molar-refractivity contribution in [2.24, 2.45) is 14.1 Å². The monoisotopic (exact) mass is 336 g/mol. The number of H-pyrrole nitrogens is 1. The van der Waals surface area contributed by atoms with Crippen LogP contribution in [0.3, 0.4) is 0 Å². The van der Waals surface area contributed by atoms with Crippen LogP contribution in [-0.4, -0.2) is 28.9 Å². The maximum atomic E-state index is 12.2. The van der Waals surface area contributed by atoms with Gasteiger partial charge in [0.1, 0.15) is 11.0 Å². The average molecular weight is 337 g/mol. The highest BCUT2D eigenvalue weighted by Crippen LogP contribution is 2.27. The number of unbranched alkanes of at least 4 members (excludes halogenated alkanes) is 1. The number of nitrogens with zero attached hydrogens (tertiary/aromatic N) is 5. The minimum Gasteiger partial charge on any atom is -0.321 e. The molecular formula is C14H17ClN6O2. The fourth-order valence-corrected chi connectivity index (χ4v) is 2.76. The first kappa shape index (κ1) is 15.5. The molecule has 0 aliphatic heterocycles. The van der Waals surface area contributed by atoms with Crippen LogP contribution in [0.15, 0.2) is 15.8 Å². The van der Waals surface area contributed by atoms with Gasteiger partial charge in [-0.15, -0.1) is 0 Å². The van der Waals surface area contributed by atoms with Crippen molar-refractivity contribution in [3.8, 4) is 11.4 Å². The van der Waals surface area contributed by atoms with Gasteiger partial charge in [-0.2, -0.15) is 5.10 Å². The van der Waals surface area contributed by atoms with E-state index >= 15 is 0 Å². The van der Waals surface area contributed by atoms with Crippen LogP contribution in [0.2, 0.25) is 5.15 Å². The van der Waals surface area contributed by atoms with E-state index in [1.54, 1.807) is 24.9 Å². The van der Waals surface area contributed by atoms with E-state index in [1.165, 1.54) is 9.25 Å². The molecule has 0 saturated heterocycles. The third-order valence-electron chi connectivity index (χ3n) is 3.86. The molecule has 0 fully saturated rings. The van der Waals surface area contributed by atoms with Crippen molar-refractivity contribution in [3.05, 3.63) is 32.2 Å². The largest absolute Gasteiger partial charge is 0.330 e. The summed E-state index contributed by atoms with van der Waals surface area (Å²) in [5.41, 5.74) is 0.416. The Morgan fingerprint density at radius 2 is 2.04 bits per heavy atom. The fourth-order valence-electron chi connectivity index (χ4n) is 2.58. The fraction of sp³-hybridized carbons (Fsp3) is 0.429. The van der Waals surface area contributed by atoms with Crippen molar-refractivity contribution < 1.29 is 0 Å². The lowest BCUT2D eigenvalue weighted by Gasteiger charge is -2.04. The number of hydrogen-bond acceptors (Lipinski definition) is 4. The molecule has 0 aliphatic carbocycles. The number of aromatic nitrogens is 6. The summed E-state index contributed by atoms with van der Waals surface area (Å²) in [6, 6.07) is 0. The Hall–Kier alpha value is -2.35. The predicted octanol–water partition coefficient (Wildman–Crippen LogP) is 1.28. The maximum absolute atomic E-state index is 12.2. The molecule has 3 rings (SSSR count). The van der Waals surface area contributed by atoms with Crippen molar-refractivity contribution in [2.75, 3.05) is 0 Å². The maximum Gasteiger partial charge on any atom is 0.330 e. The van der Waals surface area contributed by atoms with Gasteiger partial charge in [-0.05, 0) is 6.42 Å². The van der Waals surface area contributed by atoms with Crippen molar-refractivity contribution >= 4 is 22.8 Å². The van der Waals surface area contributed by atoms with Gasteiger partial charge in [0, 0.05) is 20.6 Å². The van der Waals surface area contributed by atoms with E-state index in [1.807, 2.05) is 6.92 Å². The summed E-state index contributed by atoms with van der Waals surface area (Å²) in [5.74, 6) is 0.499. The molecular weight excluding hydrogens is 320 g/mol. The van der Waals surface area contributed by atoms with E-state index in [2.05, 4.69) is 15.1 Å². The van der Waals surface area contributed by atoms with Crippen LogP contribution in [0.1, 0.15) is 19.8 Å². The lowest BCUT2D eigenvalue weighted by molar-refractivity contribution is 0.613. The molecule has 0 radical (unpaired) electrons. The Labute approximate surface area is 136 Å². The highest BCUT2D eigenvalue weighted by Gasteiger charge is 2.20. The summed E-state index contributed by atoms with van der Waals surface area (Å²) in [6.45, 7) is 2.53. The molecule has 0 aliphatic rings. The van der Waals surface area contributed by atoms with Gasteiger partial charge in [-0.25, -0.2) is 9.78 Å². The minimum atomic E-state index is -0.459. The van der Waals surface area contributed by atoms with E-state index < -0.39 is 11.2 Å². The summed E-state index contributed by atoms with van der Waals surface area (Å²) < 4.78 is 4.65. The summed E-state index contributed by atoms with van der Waals surface area (Å²) in [5, 5.41) is 4.51. The van der Waals surface area contributed by atoms with Gasteiger partial charge < -0.3 is 4.57 Å². The number of hydrogen-bond donors (Lipinski definition) is 1. The minimum absolute atomic E-state index is 0.343. The highest BCUT2D eigenvalue weighted by molar-refractivity contribution is 6.32. The number of halogens is 1. The second-order valence-corrected chi connectivity index (χ2v) is 5.76. The molecule has 122 valence electrons. The predicted molar refractivity (Wildman–Crippen MR) is 87.7 cm³/mol. The second kappa shape index (κ2) is 5.69. The first-order chi connectivity index (χ1) is 11.0. The first-order valence-corrected chi connectivity index (χ1v) is 7.71. The van der Waals surface area contributed by atoms with E-state index in [0.29, 0.717) is 34.2 Å². The summed E-state index contributed by atoms with van der Waals surface area (Å²) in [4.78, 5) is 31.2. The molecule has 0 unspecified atom stereocenters. The van der Waals surface area contributed by atoms with E-state index in [9.17, 15) is 9.59 Å². The Balaban J connectivity index is 2.33.